The Morgan fingerprint density at radius 3 is 2.57 bits per heavy atom. The number of H-pyrrole nitrogens is 1. The Morgan fingerprint density at radius 2 is 1.96 bits per heavy atom. The Hall–Kier alpha value is -3.19. The molecule has 0 radical (unpaired) electrons. The van der Waals surface area contributed by atoms with Gasteiger partial charge in [-0.05, 0) is 51.1 Å². The van der Waals surface area contributed by atoms with Gasteiger partial charge in [0.05, 0.1) is 11.7 Å². The number of aromatic amines is 1. The summed E-state index contributed by atoms with van der Waals surface area (Å²) < 4.78 is 4.91. The van der Waals surface area contributed by atoms with E-state index < -0.39 is 0 Å². The van der Waals surface area contributed by atoms with Gasteiger partial charge < -0.3 is 14.8 Å². The van der Waals surface area contributed by atoms with Crippen molar-refractivity contribution in [3.8, 4) is 0 Å². The Morgan fingerprint density at radius 1 is 1.25 bits per heavy atom. The minimum atomic E-state index is -0.214. The van der Waals surface area contributed by atoms with Gasteiger partial charge in [0, 0.05) is 29.9 Å². The number of hydrogen-bond donors (Lipinski definition) is 2. The van der Waals surface area contributed by atoms with Crippen molar-refractivity contribution in [2.24, 2.45) is 0 Å². The van der Waals surface area contributed by atoms with Gasteiger partial charge in [-0.3, -0.25) is 14.5 Å². The number of amides is 1. The maximum absolute atomic E-state index is 12.6. The molecule has 1 amide bonds. The highest BCUT2D eigenvalue weighted by Crippen LogP contribution is 2.20. The van der Waals surface area contributed by atoms with E-state index in [1.165, 1.54) is 6.07 Å². The monoisotopic (exact) mass is 380 g/mol. The van der Waals surface area contributed by atoms with Gasteiger partial charge in [-0.25, -0.2) is 0 Å². The fourth-order valence-corrected chi connectivity index (χ4v) is 3.08. The van der Waals surface area contributed by atoms with Crippen LogP contribution in [0, 0.1) is 13.8 Å². The van der Waals surface area contributed by atoms with Gasteiger partial charge in [-0.2, -0.15) is 0 Å². The van der Waals surface area contributed by atoms with Crippen molar-refractivity contribution in [2.75, 3.05) is 12.4 Å². The fraction of sp³-hybridized carbons (Fsp3) is 0.286. The summed E-state index contributed by atoms with van der Waals surface area (Å²) in [4.78, 5) is 28.9. The molecule has 0 aliphatic rings. The van der Waals surface area contributed by atoms with Crippen molar-refractivity contribution in [1.29, 1.82) is 0 Å². The van der Waals surface area contributed by atoms with Crippen molar-refractivity contribution in [1.82, 2.24) is 15.0 Å². The Labute approximate surface area is 163 Å². The summed E-state index contributed by atoms with van der Waals surface area (Å²) in [7, 11) is 2.02. The quantitative estimate of drug-likeness (QED) is 0.684. The van der Waals surface area contributed by atoms with Crippen molar-refractivity contribution in [2.45, 2.75) is 33.4 Å². The molecule has 0 aliphatic heterocycles. The second kappa shape index (κ2) is 8.22. The molecule has 3 rings (SSSR count). The van der Waals surface area contributed by atoms with Gasteiger partial charge in [0.15, 0.2) is 0 Å². The van der Waals surface area contributed by atoms with Gasteiger partial charge in [-0.1, -0.05) is 17.3 Å². The molecule has 28 heavy (non-hydrogen) atoms. The maximum Gasteiger partial charge on any atom is 0.255 e. The first kappa shape index (κ1) is 19.6. The van der Waals surface area contributed by atoms with Crippen LogP contribution >= 0.6 is 0 Å². The van der Waals surface area contributed by atoms with Gasteiger partial charge >= 0.3 is 0 Å². The lowest BCUT2D eigenvalue weighted by molar-refractivity contribution is 0.102. The van der Waals surface area contributed by atoms with Gasteiger partial charge in [0.25, 0.3) is 5.91 Å². The highest BCUT2D eigenvalue weighted by atomic mass is 16.5. The average Bonchev–Trinajstić information content (AvgIpc) is 3.19. The van der Waals surface area contributed by atoms with Crippen LogP contribution in [-0.4, -0.2) is 28.0 Å². The highest BCUT2D eigenvalue weighted by Gasteiger charge is 2.15. The lowest BCUT2D eigenvalue weighted by atomic mass is 10.1. The van der Waals surface area contributed by atoms with Crippen LogP contribution in [0.1, 0.15) is 45.8 Å². The van der Waals surface area contributed by atoms with E-state index in [9.17, 15) is 9.59 Å². The highest BCUT2D eigenvalue weighted by molar-refractivity contribution is 6.04. The predicted molar refractivity (Wildman–Crippen MR) is 107 cm³/mol. The lowest BCUT2D eigenvalue weighted by Gasteiger charge is -2.22. The summed E-state index contributed by atoms with van der Waals surface area (Å²) in [6, 6.07) is 10.9. The zero-order chi connectivity index (χ0) is 20.3. The first-order valence-corrected chi connectivity index (χ1v) is 9.06. The van der Waals surface area contributed by atoms with E-state index in [0.29, 0.717) is 23.5 Å². The standard InChI is InChI=1S/C21H24N4O3/c1-13-11-19(26)22-14(2)20(13)23-21(27)17-7-5-16(6-8-17)12-25(4)15(3)18-9-10-28-24-18/h5-11,15H,12H2,1-4H3,(H,22,26)(H,23,27)/t15-/m0/s1. The summed E-state index contributed by atoms with van der Waals surface area (Å²) in [5.41, 5.74) is 4.35. The van der Waals surface area contributed by atoms with E-state index in [0.717, 1.165) is 16.8 Å². The fourth-order valence-electron chi connectivity index (χ4n) is 3.08. The molecule has 0 saturated carbocycles. The number of pyridine rings is 1. The minimum absolute atomic E-state index is 0.118. The third-order valence-corrected chi connectivity index (χ3v) is 4.86. The largest absolute Gasteiger partial charge is 0.364 e. The maximum atomic E-state index is 12.6. The van der Waals surface area contributed by atoms with Gasteiger partial charge in [0.1, 0.15) is 12.0 Å². The first-order chi connectivity index (χ1) is 13.3. The number of carbonyl (C=O) groups is 1. The molecule has 2 N–H and O–H groups in total. The molecular weight excluding hydrogens is 356 g/mol. The van der Waals surface area contributed by atoms with Crippen molar-refractivity contribution in [3.05, 3.63) is 81.1 Å². The smallest absolute Gasteiger partial charge is 0.255 e. The van der Waals surface area contributed by atoms with E-state index in [1.807, 2.05) is 25.2 Å². The number of benzene rings is 1. The van der Waals surface area contributed by atoms with Crippen LogP contribution in [0.3, 0.4) is 0 Å². The van der Waals surface area contributed by atoms with Crippen LogP contribution < -0.4 is 10.9 Å². The molecule has 2 aromatic heterocycles. The molecule has 0 spiro atoms. The molecule has 0 bridgehead atoms. The summed E-state index contributed by atoms with van der Waals surface area (Å²) in [5, 5.41) is 6.86. The first-order valence-electron chi connectivity index (χ1n) is 9.06. The van der Waals surface area contributed by atoms with Crippen LogP contribution in [0.5, 0.6) is 0 Å². The van der Waals surface area contributed by atoms with Gasteiger partial charge in [-0.15, -0.1) is 0 Å². The second-order valence-electron chi connectivity index (χ2n) is 6.98. The Bertz CT molecular complexity index is 981. The van der Waals surface area contributed by atoms with Crippen LogP contribution in [0.15, 0.2) is 52.0 Å². The van der Waals surface area contributed by atoms with E-state index in [2.05, 4.69) is 27.3 Å². The van der Waals surface area contributed by atoms with E-state index in [-0.39, 0.29) is 17.5 Å². The lowest BCUT2D eigenvalue weighted by Crippen LogP contribution is -2.22. The minimum Gasteiger partial charge on any atom is -0.364 e. The van der Waals surface area contributed by atoms with Gasteiger partial charge in [0.2, 0.25) is 5.56 Å². The normalized spacial score (nSPS) is 12.2. The third-order valence-electron chi connectivity index (χ3n) is 4.86. The summed E-state index contributed by atoms with van der Waals surface area (Å²) in [5.74, 6) is -0.214. The molecule has 7 heteroatoms. The molecule has 7 nitrogen and oxygen atoms in total. The summed E-state index contributed by atoms with van der Waals surface area (Å²) >= 11 is 0. The topological polar surface area (TPSA) is 91.2 Å². The summed E-state index contributed by atoms with van der Waals surface area (Å²) in [6.45, 7) is 6.34. The number of hydrogen-bond acceptors (Lipinski definition) is 5. The molecule has 1 atom stereocenters. The molecule has 0 fully saturated rings. The van der Waals surface area contributed by atoms with Crippen molar-refractivity contribution < 1.29 is 9.32 Å². The Balaban J connectivity index is 1.67. The van der Waals surface area contributed by atoms with Crippen molar-refractivity contribution in [3.63, 3.8) is 0 Å². The zero-order valence-corrected chi connectivity index (χ0v) is 16.4. The third kappa shape index (κ3) is 4.37. The zero-order valence-electron chi connectivity index (χ0n) is 16.4. The van der Waals surface area contributed by atoms with Crippen LogP contribution in [0.2, 0.25) is 0 Å². The molecule has 0 aliphatic carbocycles. The van der Waals surface area contributed by atoms with Crippen LogP contribution in [0.25, 0.3) is 0 Å². The molecule has 0 saturated heterocycles. The van der Waals surface area contributed by atoms with E-state index >= 15 is 0 Å². The molecule has 2 heterocycles. The SMILES string of the molecule is Cc1cc(=O)[nH]c(C)c1NC(=O)c1ccc(CN(C)[C@@H](C)c2ccon2)cc1. The number of nitrogens with zero attached hydrogens (tertiary/aromatic N) is 2. The molecule has 0 unspecified atom stereocenters. The van der Waals surface area contributed by atoms with E-state index in [4.69, 9.17) is 4.52 Å². The number of aromatic nitrogens is 2. The molecular formula is C21H24N4O3. The number of anilines is 1. The number of rotatable bonds is 6. The van der Waals surface area contributed by atoms with Crippen LogP contribution in [0.4, 0.5) is 5.69 Å². The second-order valence-corrected chi connectivity index (χ2v) is 6.98. The number of nitrogens with one attached hydrogen (secondary N) is 2. The Kier molecular flexibility index (Phi) is 5.75. The van der Waals surface area contributed by atoms with E-state index in [1.54, 1.807) is 32.2 Å². The predicted octanol–water partition coefficient (Wildman–Crippen LogP) is 3.43. The molecule has 146 valence electrons. The number of carbonyl (C=O) groups excluding carboxylic acids is 1. The van der Waals surface area contributed by atoms with Crippen molar-refractivity contribution >= 4 is 11.6 Å². The average molecular weight is 380 g/mol. The number of aryl methyl sites for hydroxylation is 2. The summed E-state index contributed by atoms with van der Waals surface area (Å²) in [6.07, 6.45) is 1.57. The molecule has 3 aromatic rings. The molecule has 1 aromatic carbocycles. The van der Waals surface area contributed by atoms with Crippen LogP contribution in [-0.2, 0) is 6.54 Å².